The highest BCUT2D eigenvalue weighted by Crippen LogP contribution is 2.29. The lowest BCUT2D eigenvalue weighted by molar-refractivity contribution is -0.387. The van der Waals surface area contributed by atoms with Gasteiger partial charge in [-0.05, 0) is 25.1 Å². The van der Waals surface area contributed by atoms with Crippen molar-refractivity contribution < 1.29 is 13.3 Å². The van der Waals surface area contributed by atoms with Crippen LogP contribution in [0.5, 0.6) is 0 Å². The zero-order valence-electron chi connectivity index (χ0n) is 11.0. The summed E-state index contributed by atoms with van der Waals surface area (Å²) >= 11 is 3.16. The Morgan fingerprint density at radius 3 is 2.67 bits per heavy atom. The normalized spacial score (nSPS) is 16.8. The van der Waals surface area contributed by atoms with Gasteiger partial charge in [0.25, 0.3) is 5.69 Å². The smallest absolute Gasteiger partial charge is 0.289 e. The van der Waals surface area contributed by atoms with Crippen LogP contribution in [0.3, 0.4) is 0 Å². The van der Waals surface area contributed by atoms with Crippen molar-refractivity contribution in [1.29, 1.82) is 0 Å². The molecule has 0 saturated carbocycles. The zero-order chi connectivity index (χ0) is 14.8. The molecule has 1 aliphatic rings. The molecule has 1 aromatic carbocycles. The number of rotatable bonds is 3. The highest BCUT2D eigenvalue weighted by molar-refractivity contribution is 9.10. The Morgan fingerprint density at radius 1 is 1.29 bits per heavy atom. The van der Waals surface area contributed by atoms with E-state index in [2.05, 4.69) is 21.2 Å². The fourth-order valence-electron chi connectivity index (χ4n) is 2.05. The first-order valence-corrected chi connectivity index (χ1v) is 8.31. The molecule has 7 nitrogen and oxygen atoms in total. The van der Waals surface area contributed by atoms with Gasteiger partial charge < -0.3 is 5.32 Å². The van der Waals surface area contributed by atoms with Crippen molar-refractivity contribution in [2.45, 2.75) is 11.3 Å². The molecule has 118 valence electrons. The summed E-state index contributed by atoms with van der Waals surface area (Å²) in [6.07, 6.45) is 0.682. The molecule has 0 aliphatic carbocycles. The third-order valence-corrected chi connectivity index (χ3v) is 5.46. The predicted octanol–water partition coefficient (Wildman–Crippen LogP) is 1.76. The summed E-state index contributed by atoms with van der Waals surface area (Å²) in [4.78, 5) is 10.1. The standard InChI is InChI=1S/C11H14BrN3O4S.ClH/c12-9-2-3-10(15(16)17)11(8-9)20(18,19)14-6-1-4-13-5-7-14;/h2-3,8,13H,1,4-7H2;1H. The number of benzene rings is 1. The maximum absolute atomic E-state index is 12.6. The molecule has 1 aromatic rings. The van der Waals surface area contributed by atoms with Gasteiger partial charge in [0.05, 0.1) is 4.92 Å². The van der Waals surface area contributed by atoms with Crippen molar-refractivity contribution in [2.75, 3.05) is 26.2 Å². The van der Waals surface area contributed by atoms with E-state index in [0.29, 0.717) is 30.5 Å². The van der Waals surface area contributed by atoms with Crippen molar-refractivity contribution in [1.82, 2.24) is 9.62 Å². The lowest BCUT2D eigenvalue weighted by Crippen LogP contribution is -2.34. The molecule has 0 aromatic heterocycles. The number of nitrogens with one attached hydrogen (secondary N) is 1. The Kier molecular flexibility index (Phi) is 6.54. The van der Waals surface area contributed by atoms with Gasteiger partial charge in [-0.2, -0.15) is 4.31 Å². The fourth-order valence-corrected chi connectivity index (χ4v) is 4.22. The number of hydrogen-bond donors (Lipinski definition) is 1. The van der Waals surface area contributed by atoms with Crippen LogP contribution < -0.4 is 5.32 Å². The van der Waals surface area contributed by atoms with Crippen LogP contribution >= 0.6 is 28.3 Å². The molecule has 0 spiro atoms. The van der Waals surface area contributed by atoms with Crippen molar-refractivity contribution >= 4 is 44.0 Å². The molecule has 1 aliphatic heterocycles. The summed E-state index contributed by atoms with van der Waals surface area (Å²) in [5.41, 5.74) is -0.398. The topological polar surface area (TPSA) is 92.5 Å². The van der Waals surface area contributed by atoms with Crippen LogP contribution in [0.1, 0.15) is 6.42 Å². The molecule has 0 bridgehead atoms. The van der Waals surface area contributed by atoms with Crippen LogP contribution in [0.25, 0.3) is 0 Å². The van der Waals surface area contributed by atoms with Crippen LogP contribution in [-0.4, -0.2) is 43.8 Å². The van der Waals surface area contributed by atoms with Gasteiger partial charge in [-0.3, -0.25) is 10.1 Å². The first-order chi connectivity index (χ1) is 9.43. The summed E-state index contributed by atoms with van der Waals surface area (Å²) in [5, 5.41) is 14.1. The summed E-state index contributed by atoms with van der Waals surface area (Å²) in [6.45, 7) is 1.96. The van der Waals surface area contributed by atoms with E-state index in [0.717, 1.165) is 6.54 Å². The predicted molar refractivity (Wildman–Crippen MR) is 84.3 cm³/mol. The maximum Gasteiger partial charge on any atom is 0.289 e. The second-order valence-electron chi connectivity index (χ2n) is 4.38. The molecule has 1 N–H and O–H groups in total. The third-order valence-electron chi connectivity index (χ3n) is 3.04. The molecular weight excluding hydrogens is 386 g/mol. The van der Waals surface area contributed by atoms with Crippen LogP contribution in [0.15, 0.2) is 27.6 Å². The average molecular weight is 401 g/mol. The second-order valence-corrected chi connectivity index (χ2v) is 7.20. The van der Waals surface area contributed by atoms with Crippen molar-refractivity contribution in [3.8, 4) is 0 Å². The molecule has 21 heavy (non-hydrogen) atoms. The SMILES string of the molecule is Cl.O=[N+]([O-])c1ccc(Br)cc1S(=O)(=O)N1CCCNCC1. The Hall–Kier alpha value is -0.740. The van der Waals surface area contributed by atoms with Crippen LogP contribution in [0.4, 0.5) is 5.69 Å². The van der Waals surface area contributed by atoms with Crippen LogP contribution in [-0.2, 0) is 10.0 Å². The highest BCUT2D eigenvalue weighted by Gasteiger charge is 2.32. The van der Waals surface area contributed by atoms with E-state index >= 15 is 0 Å². The number of halogens is 2. The maximum atomic E-state index is 12.6. The van der Waals surface area contributed by atoms with Gasteiger partial charge >= 0.3 is 0 Å². The summed E-state index contributed by atoms with van der Waals surface area (Å²) in [7, 11) is -3.86. The number of hydrogen-bond acceptors (Lipinski definition) is 5. The third kappa shape index (κ3) is 4.13. The summed E-state index contributed by atoms with van der Waals surface area (Å²) in [6, 6.07) is 3.94. The molecule has 1 heterocycles. The molecule has 2 rings (SSSR count). The number of nitro groups is 1. The summed E-state index contributed by atoms with van der Waals surface area (Å²) in [5.74, 6) is 0. The number of sulfonamides is 1. The Morgan fingerprint density at radius 2 is 2.00 bits per heavy atom. The van der Waals surface area contributed by atoms with Gasteiger partial charge in [-0.1, -0.05) is 15.9 Å². The van der Waals surface area contributed by atoms with Gasteiger partial charge in [-0.15, -0.1) is 12.4 Å². The fraction of sp³-hybridized carbons (Fsp3) is 0.455. The Balaban J connectivity index is 0.00000220. The van der Waals surface area contributed by atoms with E-state index in [4.69, 9.17) is 0 Å². The minimum Gasteiger partial charge on any atom is -0.315 e. The van der Waals surface area contributed by atoms with Gasteiger partial charge in [0.2, 0.25) is 10.0 Å². The molecule has 1 fully saturated rings. The Bertz CT molecular complexity index is 618. The first-order valence-electron chi connectivity index (χ1n) is 6.08. The molecule has 10 heteroatoms. The molecule has 0 radical (unpaired) electrons. The molecule has 1 saturated heterocycles. The van der Waals surface area contributed by atoms with Gasteiger partial charge in [-0.25, -0.2) is 8.42 Å². The quantitative estimate of drug-likeness (QED) is 0.616. The molecule has 0 unspecified atom stereocenters. The van der Waals surface area contributed by atoms with Crippen molar-refractivity contribution in [3.63, 3.8) is 0 Å². The average Bonchev–Trinajstić information content (AvgIpc) is 2.67. The van der Waals surface area contributed by atoms with E-state index in [9.17, 15) is 18.5 Å². The minimum absolute atomic E-state index is 0. The number of nitro benzene ring substituents is 1. The van der Waals surface area contributed by atoms with E-state index in [1.165, 1.54) is 22.5 Å². The van der Waals surface area contributed by atoms with Crippen LogP contribution in [0, 0.1) is 10.1 Å². The van der Waals surface area contributed by atoms with E-state index < -0.39 is 20.6 Å². The molecule has 0 amide bonds. The van der Waals surface area contributed by atoms with Gasteiger partial charge in [0.15, 0.2) is 4.90 Å². The van der Waals surface area contributed by atoms with E-state index in [1.807, 2.05) is 0 Å². The summed E-state index contributed by atoms with van der Waals surface area (Å²) < 4.78 is 27.0. The van der Waals surface area contributed by atoms with E-state index in [-0.39, 0.29) is 17.3 Å². The monoisotopic (exact) mass is 399 g/mol. The lowest BCUT2D eigenvalue weighted by atomic mass is 10.3. The van der Waals surface area contributed by atoms with Crippen LogP contribution in [0.2, 0.25) is 0 Å². The van der Waals surface area contributed by atoms with Gasteiger partial charge in [0, 0.05) is 30.2 Å². The largest absolute Gasteiger partial charge is 0.315 e. The zero-order valence-corrected chi connectivity index (χ0v) is 14.2. The minimum atomic E-state index is -3.86. The van der Waals surface area contributed by atoms with Crippen molar-refractivity contribution in [3.05, 3.63) is 32.8 Å². The van der Waals surface area contributed by atoms with E-state index in [1.54, 1.807) is 0 Å². The molecule has 0 atom stereocenters. The molecular formula is C11H15BrClN3O4S. The van der Waals surface area contributed by atoms with Gasteiger partial charge in [0.1, 0.15) is 0 Å². The second kappa shape index (κ2) is 7.50. The van der Waals surface area contributed by atoms with Crippen molar-refractivity contribution in [2.24, 2.45) is 0 Å². The first kappa shape index (κ1) is 18.3. The highest BCUT2D eigenvalue weighted by atomic mass is 79.9. The lowest BCUT2D eigenvalue weighted by Gasteiger charge is -2.19. The Labute approximate surface area is 137 Å². The number of nitrogens with zero attached hydrogens (tertiary/aromatic N) is 2.